The molecule has 0 aliphatic rings. The Balaban J connectivity index is 1.87. The molecule has 0 N–H and O–H groups in total. The van der Waals surface area contributed by atoms with Gasteiger partial charge in [0.2, 0.25) is 0 Å². The minimum absolute atomic E-state index is 0.0699. The van der Waals surface area contributed by atoms with Crippen molar-refractivity contribution in [2.45, 2.75) is 27.7 Å². The topological polar surface area (TPSA) is 116 Å². The maximum absolute atomic E-state index is 12.4. The third-order valence-electron chi connectivity index (χ3n) is 4.92. The molecule has 1 aromatic carbocycles. The number of nitrogens with zero attached hydrogens (tertiary/aromatic N) is 6. The summed E-state index contributed by atoms with van der Waals surface area (Å²) in [5.41, 5.74) is 3.20. The first kappa shape index (κ1) is 22.1. The van der Waals surface area contributed by atoms with Crippen LogP contribution in [0.1, 0.15) is 44.8 Å². The number of nitriles is 2. The monoisotopic (exact) mass is 424 g/mol. The molecular formula is C24H20N6O2. The number of hydrogen-bond donors (Lipinski definition) is 0. The summed E-state index contributed by atoms with van der Waals surface area (Å²) in [6.45, 7) is 6.93. The maximum atomic E-state index is 12.4. The van der Waals surface area contributed by atoms with E-state index in [9.17, 15) is 20.1 Å². The Morgan fingerprint density at radius 1 is 0.719 bits per heavy atom. The lowest BCUT2D eigenvalue weighted by molar-refractivity contribution is 0.786. The lowest BCUT2D eigenvalue weighted by Crippen LogP contribution is -2.22. The summed E-state index contributed by atoms with van der Waals surface area (Å²) in [6, 6.07) is 14.5. The van der Waals surface area contributed by atoms with Gasteiger partial charge in [0.1, 0.15) is 23.3 Å². The smallest absolute Gasteiger partial charge is 0.266 e. The molecule has 8 heteroatoms. The number of benzene rings is 1. The molecule has 32 heavy (non-hydrogen) atoms. The second-order valence-electron chi connectivity index (χ2n) is 7.30. The van der Waals surface area contributed by atoms with Crippen LogP contribution in [-0.4, -0.2) is 21.8 Å². The average molecular weight is 424 g/mol. The maximum Gasteiger partial charge on any atom is 0.289 e. The molecule has 0 spiro atoms. The molecule has 158 valence electrons. The van der Waals surface area contributed by atoms with E-state index in [2.05, 4.69) is 10.2 Å². The van der Waals surface area contributed by atoms with Crippen LogP contribution in [0.15, 0.2) is 56.2 Å². The van der Waals surface area contributed by atoms with Crippen molar-refractivity contribution in [1.29, 1.82) is 10.5 Å². The van der Waals surface area contributed by atoms with E-state index in [1.807, 2.05) is 12.1 Å². The van der Waals surface area contributed by atoms with Crippen LogP contribution in [0, 0.1) is 50.4 Å². The van der Waals surface area contributed by atoms with Crippen molar-refractivity contribution in [1.82, 2.24) is 9.35 Å². The van der Waals surface area contributed by atoms with Crippen LogP contribution in [-0.2, 0) is 0 Å². The van der Waals surface area contributed by atoms with Gasteiger partial charge in [-0.15, -0.1) is 0 Å². The van der Waals surface area contributed by atoms with E-state index in [0.29, 0.717) is 22.5 Å². The Kier molecular flexibility index (Phi) is 6.27. The van der Waals surface area contributed by atoms with E-state index >= 15 is 0 Å². The van der Waals surface area contributed by atoms with Crippen molar-refractivity contribution in [3.05, 3.63) is 102 Å². The Morgan fingerprint density at radius 3 is 1.38 bits per heavy atom. The molecule has 2 heterocycles. The largest absolute Gasteiger partial charge is 0.289 e. The fraction of sp³-hybridized carbons (Fsp3) is 0.167. The summed E-state index contributed by atoms with van der Waals surface area (Å²) in [5, 5.41) is 26.8. The van der Waals surface area contributed by atoms with Crippen LogP contribution in [0.5, 0.6) is 0 Å². The van der Waals surface area contributed by atoms with Crippen molar-refractivity contribution in [3.63, 3.8) is 0 Å². The Labute approximate surface area is 184 Å². The molecule has 2 aromatic heterocycles. The highest BCUT2D eigenvalue weighted by Crippen LogP contribution is 2.07. The summed E-state index contributed by atoms with van der Waals surface area (Å²) < 4.78 is 2.39. The van der Waals surface area contributed by atoms with Gasteiger partial charge >= 0.3 is 0 Å². The summed E-state index contributed by atoms with van der Waals surface area (Å²) >= 11 is 0. The van der Waals surface area contributed by atoms with Crippen LogP contribution in [0.2, 0.25) is 0 Å². The van der Waals surface area contributed by atoms with Gasteiger partial charge in [-0.05, 0) is 62.1 Å². The lowest BCUT2D eigenvalue weighted by atomic mass is 10.1. The summed E-state index contributed by atoms with van der Waals surface area (Å²) in [7, 11) is 0. The second-order valence-corrected chi connectivity index (χ2v) is 7.30. The minimum Gasteiger partial charge on any atom is -0.266 e. The van der Waals surface area contributed by atoms with Gasteiger partial charge in [-0.2, -0.15) is 20.7 Å². The third kappa shape index (κ3) is 4.30. The summed E-state index contributed by atoms with van der Waals surface area (Å²) in [4.78, 5) is 24.8. The Morgan fingerprint density at radius 2 is 1.06 bits per heavy atom. The normalized spacial score (nSPS) is 11.1. The molecule has 0 radical (unpaired) electrons. The van der Waals surface area contributed by atoms with Crippen LogP contribution >= 0.6 is 0 Å². The van der Waals surface area contributed by atoms with Crippen molar-refractivity contribution < 1.29 is 0 Å². The van der Waals surface area contributed by atoms with E-state index < -0.39 is 11.1 Å². The molecule has 0 bridgehead atoms. The fourth-order valence-corrected chi connectivity index (χ4v) is 3.24. The zero-order valence-corrected chi connectivity index (χ0v) is 18.1. The molecule has 0 saturated heterocycles. The second kappa shape index (κ2) is 9.07. The third-order valence-corrected chi connectivity index (χ3v) is 4.92. The van der Waals surface area contributed by atoms with Crippen molar-refractivity contribution in [3.8, 4) is 12.1 Å². The molecule has 0 amide bonds. The van der Waals surface area contributed by atoms with Crippen LogP contribution < -0.4 is 11.1 Å². The van der Waals surface area contributed by atoms with E-state index in [-0.39, 0.29) is 11.1 Å². The van der Waals surface area contributed by atoms with E-state index in [1.165, 1.54) is 21.8 Å². The Bertz CT molecular complexity index is 1350. The molecular weight excluding hydrogens is 404 g/mol. The zero-order valence-electron chi connectivity index (χ0n) is 18.1. The number of pyridine rings is 2. The van der Waals surface area contributed by atoms with Gasteiger partial charge in [0, 0.05) is 11.4 Å². The van der Waals surface area contributed by atoms with Gasteiger partial charge in [0.15, 0.2) is 0 Å². The number of rotatable bonds is 4. The van der Waals surface area contributed by atoms with Crippen LogP contribution in [0.25, 0.3) is 0 Å². The van der Waals surface area contributed by atoms with Gasteiger partial charge in [0.05, 0.1) is 12.4 Å². The highest BCUT2D eigenvalue weighted by atomic mass is 16.1. The van der Waals surface area contributed by atoms with E-state index in [1.54, 1.807) is 64.1 Å². The van der Waals surface area contributed by atoms with Gasteiger partial charge in [0.25, 0.3) is 11.1 Å². The predicted molar refractivity (Wildman–Crippen MR) is 122 cm³/mol. The highest BCUT2D eigenvalue weighted by molar-refractivity contribution is 5.84. The summed E-state index contributed by atoms with van der Waals surface area (Å²) in [6.07, 6.45) is 3.05. The van der Waals surface area contributed by atoms with Crippen LogP contribution in [0.4, 0.5) is 0 Å². The predicted octanol–water partition coefficient (Wildman–Crippen LogP) is 2.75. The molecule has 0 aliphatic carbocycles. The lowest BCUT2D eigenvalue weighted by Gasteiger charge is -2.06. The average Bonchev–Trinajstić information content (AvgIpc) is 2.74. The van der Waals surface area contributed by atoms with Crippen molar-refractivity contribution in [2.24, 2.45) is 10.2 Å². The summed E-state index contributed by atoms with van der Waals surface area (Å²) in [5.74, 6) is 0. The molecule has 0 saturated carbocycles. The van der Waals surface area contributed by atoms with E-state index in [4.69, 9.17) is 0 Å². The SMILES string of the molecule is Cc1cc(C)n(/N=C\c2ccc(/C=N\n3c(C)cc(C)c(C#N)c3=O)cc2)c(=O)c1C#N. The molecule has 0 aliphatic heterocycles. The molecule has 3 rings (SSSR count). The number of hydrogen-bond acceptors (Lipinski definition) is 6. The van der Waals surface area contributed by atoms with Gasteiger partial charge in [-0.1, -0.05) is 24.3 Å². The number of aryl methyl sites for hydroxylation is 4. The fourth-order valence-electron chi connectivity index (χ4n) is 3.24. The molecule has 0 atom stereocenters. The molecule has 3 aromatic rings. The molecule has 0 unspecified atom stereocenters. The van der Waals surface area contributed by atoms with Crippen molar-refractivity contribution in [2.75, 3.05) is 0 Å². The highest BCUT2D eigenvalue weighted by Gasteiger charge is 2.10. The molecule has 0 fully saturated rings. The van der Waals surface area contributed by atoms with Gasteiger partial charge in [-0.25, -0.2) is 9.35 Å². The minimum atomic E-state index is -0.458. The van der Waals surface area contributed by atoms with E-state index in [0.717, 1.165) is 11.1 Å². The molecule has 8 nitrogen and oxygen atoms in total. The van der Waals surface area contributed by atoms with Gasteiger partial charge in [-0.3, -0.25) is 9.59 Å². The quantitative estimate of drug-likeness (QED) is 0.599. The first-order valence-corrected chi connectivity index (χ1v) is 9.72. The van der Waals surface area contributed by atoms with Crippen LogP contribution in [0.3, 0.4) is 0 Å². The first-order valence-electron chi connectivity index (χ1n) is 9.72. The standard InChI is InChI=1S/C24H20N6O2/c1-15-9-17(3)29(23(31)21(15)11-25)27-13-19-5-7-20(8-6-19)14-28-30-18(4)10-16(2)22(12-26)24(30)32/h5-10,13-14H,1-4H3/b27-13-,28-14-. The Hall–Kier alpha value is -4.56. The van der Waals surface area contributed by atoms with Crippen molar-refractivity contribution >= 4 is 12.4 Å². The first-order chi connectivity index (χ1) is 15.3. The zero-order chi connectivity index (χ0) is 23.4. The number of aromatic nitrogens is 2. The van der Waals surface area contributed by atoms with Gasteiger partial charge < -0.3 is 0 Å².